The van der Waals surface area contributed by atoms with Gasteiger partial charge in [0.25, 0.3) is 0 Å². The van der Waals surface area contributed by atoms with E-state index in [0.29, 0.717) is 24.1 Å². The van der Waals surface area contributed by atoms with E-state index in [2.05, 4.69) is 5.32 Å². The second-order valence-electron chi connectivity index (χ2n) is 5.12. The van der Waals surface area contributed by atoms with Crippen molar-refractivity contribution in [3.8, 4) is 0 Å². The first-order valence-corrected chi connectivity index (χ1v) is 7.01. The monoisotopic (exact) mass is 280 g/mol. The van der Waals surface area contributed by atoms with Crippen LogP contribution in [-0.4, -0.2) is 36.7 Å². The highest BCUT2D eigenvalue weighted by Crippen LogP contribution is 2.27. The molecule has 0 radical (unpaired) electrons. The van der Waals surface area contributed by atoms with E-state index in [1.165, 1.54) is 0 Å². The number of benzene rings is 1. The van der Waals surface area contributed by atoms with Gasteiger partial charge in [-0.2, -0.15) is 0 Å². The molecule has 1 amide bonds. The molecule has 2 aliphatic heterocycles. The maximum absolute atomic E-state index is 11.9. The molecule has 0 bridgehead atoms. The van der Waals surface area contributed by atoms with Gasteiger partial charge in [-0.15, -0.1) is 0 Å². The third-order valence-electron chi connectivity index (χ3n) is 3.95. The molecule has 2 heterocycles. The van der Waals surface area contributed by atoms with Crippen molar-refractivity contribution in [2.75, 3.05) is 19.7 Å². The zero-order chi connectivity index (χ0) is 13.2. The Morgan fingerprint density at radius 1 is 1.42 bits per heavy atom. The average molecular weight is 281 g/mol. The SMILES string of the molecule is O=C1OCC(C2CCNC2)N1Cc1ccccc1Cl. The summed E-state index contributed by atoms with van der Waals surface area (Å²) >= 11 is 6.17. The zero-order valence-electron chi connectivity index (χ0n) is 10.6. The molecule has 0 aromatic heterocycles. The van der Waals surface area contributed by atoms with Crippen molar-refractivity contribution in [3.63, 3.8) is 0 Å². The van der Waals surface area contributed by atoms with Crippen LogP contribution in [0.5, 0.6) is 0 Å². The van der Waals surface area contributed by atoms with E-state index in [9.17, 15) is 4.79 Å². The molecule has 2 unspecified atom stereocenters. The van der Waals surface area contributed by atoms with Gasteiger partial charge in [-0.1, -0.05) is 29.8 Å². The lowest BCUT2D eigenvalue weighted by Gasteiger charge is -2.26. The van der Waals surface area contributed by atoms with E-state index in [0.717, 1.165) is 25.1 Å². The summed E-state index contributed by atoms with van der Waals surface area (Å²) in [5, 5.41) is 4.04. The van der Waals surface area contributed by atoms with Crippen molar-refractivity contribution in [2.24, 2.45) is 5.92 Å². The average Bonchev–Trinajstić information content (AvgIpc) is 3.03. The Morgan fingerprint density at radius 3 is 3.00 bits per heavy atom. The number of nitrogens with zero attached hydrogens (tertiary/aromatic N) is 1. The minimum atomic E-state index is -0.225. The Morgan fingerprint density at radius 2 is 2.26 bits per heavy atom. The summed E-state index contributed by atoms with van der Waals surface area (Å²) in [5.74, 6) is 0.480. The summed E-state index contributed by atoms with van der Waals surface area (Å²) in [6, 6.07) is 7.81. The number of amides is 1. The Kier molecular flexibility index (Phi) is 3.62. The van der Waals surface area contributed by atoms with Crippen molar-refractivity contribution in [3.05, 3.63) is 34.9 Å². The highest BCUT2D eigenvalue weighted by molar-refractivity contribution is 6.31. The maximum Gasteiger partial charge on any atom is 0.410 e. The summed E-state index contributed by atoms with van der Waals surface area (Å²) in [6.07, 6.45) is 0.872. The smallest absolute Gasteiger partial charge is 0.410 e. The van der Waals surface area contributed by atoms with E-state index in [4.69, 9.17) is 16.3 Å². The predicted molar refractivity (Wildman–Crippen MR) is 73.1 cm³/mol. The molecule has 2 aliphatic rings. The molecule has 1 aromatic rings. The summed E-state index contributed by atoms with van der Waals surface area (Å²) < 4.78 is 5.22. The van der Waals surface area contributed by atoms with Crippen LogP contribution in [0.2, 0.25) is 5.02 Å². The first-order chi connectivity index (χ1) is 9.25. The standard InChI is InChI=1S/C14H17ClN2O2/c15-12-4-2-1-3-11(12)8-17-13(9-19-14(17)18)10-5-6-16-7-10/h1-4,10,13,16H,5-9H2. The lowest BCUT2D eigenvalue weighted by atomic mass is 9.98. The second kappa shape index (κ2) is 5.39. The topological polar surface area (TPSA) is 41.6 Å². The molecule has 2 fully saturated rings. The lowest BCUT2D eigenvalue weighted by molar-refractivity contribution is 0.154. The number of carbonyl (C=O) groups excluding carboxylic acids is 1. The van der Waals surface area contributed by atoms with Crippen molar-refractivity contribution < 1.29 is 9.53 Å². The van der Waals surface area contributed by atoms with Crippen LogP contribution >= 0.6 is 11.6 Å². The number of halogens is 1. The van der Waals surface area contributed by atoms with Crippen molar-refractivity contribution >= 4 is 17.7 Å². The molecule has 3 rings (SSSR count). The molecule has 19 heavy (non-hydrogen) atoms. The third-order valence-corrected chi connectivity index (χ3v) is 4.32. The normalized spacial score (nSPS) is 26.8. The van der Waals surface area contributed by atoms with Gasteiger partial charge in [0.05, 0.1) is 12.6 Å². The molecule has 102 valence electrons. The van der Waals surface area contributed by atoms with Gasteiger partial charge in [0, 0.05) is 11.6 Å². The molecular weight excluding hydrogens is 264 g/mol. The van der Waals surface area contributed by atoms with Gasteiger partial charge < -0.3 is 10.1 Å². The van der Waals surface area contributed by atoms with Gasteiger partial charge in [0.15, 0.2) is 0 Å². The first-order valence-electron chi connectivity index (χ1n) is 6.63. The first kappa shape index (κ1) is 12.8. The number of carbonyl (C=O) groups is 1. The molecule has 4 nitrogen and oxygen atoms in total. The van der Waals surface area contributed by atoms with Gasteiger partial charge in [0.2, 0.25) is 0 Å². The number of hydrogen-bond acceptors (Lipinski definition) is 3. The molecule has 1 N–H and O–H groups in total. The minimum absolute atomic E-state index is 0.166. The van der Waals surface area contributed by atoms with E-state index < -0.39 is 0 Å². The summed E-state index contributed by atoms with van der Waals surface area (Å²) in [6.45, 7) is 3.00. The highest BCUT2D eigenvalue weighted by atomic mass is 35.5. The van der Waals surface area contributed by atoms with Crippen LogP contribution in [0.25, 0.3) is 0 Å². The molecule has 0 aliphatic carbocycles. The molecule has 1 aromatic carbocycles. The third kappa shape index (κ3) is 2.55. The fourth-order valence-corrected chi connectivity index (χ4v) is 3.05. The van der Waals surface area contributed by atoms with Gasteiger partial charge >= 0.3 is 6.09 Å². The van der Waals surface area contributed by atoms with Gasteiger partial charge in [-0.25, -0.2) is 4.79 Å². The Labute approximate surface area is 117 Å². The van der Waals surface area contributed by atoms with Crippen LogP contribution < -0.4 is 5.32 Å². The van der Waals surface area contributed by atoms with E-state index >= 15 is 0 Å². The van der Waals surface area contributed by atoms with Crippen molar-refractivity contribution in [1.82, 2.24) is 10.2 Å². The van der Waals surface area contributed by atoms with Crippen LogP contribution in [0, 0.1) is 5.92 Å². The summed E-state index contributed by atoms with van der Waals surface area (Å²) in [5.41, 5.74) is 0.971. The Hall–Kier alpha value is -1.26. The van der Waals surface area contributed by atoms with E-state index in [1.54, 1.807) is 0 Å². The molecule has 0 saturated carbocycles. The highest BCUT2D eigenvalue weighted by Gasteiger charge is 2.39. The lowest BCUT2D eigenvalue weighted by Crippen LogP contribution is -2.39. The molecule has 2 atom stereocenters. The number of nitrogens with one attached hydrogen (secondary N) is 1. The van der Waals surface area contributed by atoms with Crippen LogP contribution in [0.3, 0.4) is 0 Å². The number of hydrogen-bond donors (Lipinski definition) is 1. The number of ether oxygens (including phenoxy) is 1. The quantitative estimate of drug-likeness (QED) is 0.923. The van der Waals surface area contributed by atoms with Crippen molar-refractivity contribution in [2.45, 2.75) is 19.0 Å². The molecule has 2 saturated heterocycles. The molecule has 5 heteroatoms. The zero-order valence-corrected chi connectivity index (χ0v) is 11.4. The second-order valence-corrected chi connectivity index (χ2v) is 5.52. The Balaban J connectivity index is 1.77. The minimum Gasteiger partial charge on any atom is -0.447 e. The predicted octanol–water partition coefficient (Wildman–Crippen LogP) is 2.27. The van der Waals surface area contributed by atoms with Gasteiger partial charge in [-0.05, 0) is 30.5 Å². The molecular formula is C14H17ClN2O2. The molecule has 0 spiro atoms. The summed E-state index contributed by atoms with van der Waals surface area (Å²) in [4.78, 5) is 13.7. The van der Waals surface area contributed by atoms with E-state index in [1.807, 2.05) is 29.2 Å². The van der Waals surface area contributed by atoms with Gasteiger partial charge in [0.1, 0.15) is 6.61 Å². The van der Waals surface area contributed by atoms with Gasteiger partial charge in [-0.3, -0.25) is 4.90 Å². The van der Waals surface area contributed by atoms with Crippen LogP contribution in [-0.2, 0) is 11.3 Å². The Bertz CT molecular complexity index is 474. The maximum atomic E-state index is 11.9. The number of cyclic esters (lactones) is 1. The number of rotatable bonds is 3. The van der Waals surface area contributed by atoms with Crippen LogP contribution in [0.15, 0.2) is 24.3 Å². The van der Waals surface area contributed by atoms with E-state index in [-0.39, 0.29) is 12.1 Å². The van der Waals surface area contributed by atoms with Crippen LogP contribution in [0.4, 0.5) is 4.79 Å². The largest absolute Gasteiger partial charge is 0.447 e. The van der Waals surface area contributed by atoms with Crippen molar-refractivity contribution in [1.29, 1.82) is 0 Å². The summed E-state index contributed by atoms with van der Waals surface area (Å²) in [7, 11) is 0. The van der Waals surface area contributed by atoms with Crippen LogP contribution in [0.1, 0.15) is 12.0 Å². The fraction of sp³-hybridized carbons (Fsp3) is 0.500. The fourth-order valence-electron chi connectivity index (χ4n) is 2.85.